The summed E-state index contributed by atoms with van der Waals surface area (Å²) in [6, 6.07) is 8.97. The molecule has 0 aliphatic heterocycles. The van der Waals surface area contributed by atoms with E-state index in [1.807, 2.05) is 38.9 Å². The van der Waals surface area contributed by atoms with Gasteiger partial charge in [-0.1, -0.05) is 56.1 Å². The van der Waals surface area contributed by atoms with Crippen molar-refractivity contribution in [1.29, 1.82) is 0 Å². The number of carbonyl (C=O) groups excluding carboxylic acids is 3. The number of carbonyl (C=O) groups is 3. The third-order valence-corrected chi connectivity index (χ3v) is 13.4. The molecular formula is C33H48ClFN6O4Si. The zero-order chi connectivity index (χ0) is 34.6. The first-order valence-corrected chi connectivity index (χ1v) is 18.7. The van der Waals surface area contributed by atoms with Crippen LogP contribution in [-0.2, 0) is 20.6 Å². The van der Waals surface area contributed by atoms with Gasteiger partial charge in [-0.3, -0.25) is 19.1 Å². The Hall–Kier alpha value is -3.32. The van der Waals surface area contributed by atoms with Crippen LogP contribution in [0.1, 0.15) is 61.8 Å². The summed E-state index contributed by atoms with van der Waals surface area (Å²) >= 11 is 6.08. The molecule has 2 atom stereocenters. The molecule has 0 aliphatic carbocycles. The van der Waals surface area contributed by atoms with E-state index in [2.05, 4.69) is 44.3 Å². The third-order valence-electron chi connectivity index (χ3n) is 8.64. The van der Waals surface area contributed by atoms with Crippen LogP contribution in [0.4, 0.5) is 4.39 Å². The number of primary amides is 1. The van der Waals surface area contributed by atoms with Crippen molar-refractivity contribution in [2.24, 2.45) is 5.73 Å². The average Bonchev–Trinajstić information content (AvgIpc) is 3.30. The predicted molar refractivity (Wildman–Crippen MR) is 183 cm³/mol. The number of rotatable bonds is 14. The second-order valence-corrected chi connectivity index (χ2v) is 18.9. The van der Waals surface area contributed by atoms with E-state index in [1.54, 1.807) is 24.3 Å². The molecule has 252 valence electrons. The number of hydrogen-bond donors (Lipinski definition) is 2. The summed E-state index contributed by atoms with van der Waals surface area (Å²) in [6.45, 7) is 14.6. The van der Waals surface area contributed by atoms with E-state index in [9.17, 15) is 14.4 Å². The van der Waals surface area contributed by atoms with Crippen LogP contribution in [0.3, 0.4) is 0 Å². The molecule has 0 fully saturated rings. The standard InChI is InChI=1S/C33H48ClFN6O4Si/c1-21-13-14-27-24(17-21)31(32(36)44)38-41(27)19-29(43)40(22(2)20-45-46(8,9)33(3,4)5)18-28(42)37-26(15-16-39(6)7)23-11-10-12-25(34)30(23)35/h10-14,17,22,26H,15-16,18-20H2,1-9H3,(H2,36,44)(H,37,42)/t22-,26-/m1/s1. The number of nitrogens with one attached hydrogen (secondary N) is 1. The molecule has 0 radical (unpaired) electrons. The van der Waals surface area contributed by atoms with Crippen molar-refractivity contribution in [3.63, 3.8) is 0 Å². The van der Waals surface area contributed by atoms with Gasteiger partial charge in [-0.15, -0.1) is 0 Å². The first-order valence-electron chi connectivity index (χ1n) is 15.4. The SMILES string of the molecule is Cc1ccc2c(c1)c(C(N)=O)nn2CC(=O)N(CC(=O)N[C@H](CCN(C)C)c1cccc(Cl)c1F)[C@H](C)CO[Si](C)(C)C(C)(C)C. The number of aromatic nitrogens is 2. The van der Waals surface area contributed by atoms with Gasteiger partial charge in [-0.05, 0) is 77.2 Å². The van der Waals surface area contributed by atoms with E-state index < -0.39 is 43.9 Å². The molecule has 0 saturated carbocycles. The van der Waals surface area contributed by atoms with Crippen molar-refractivity contribution in [2.75, 3.05) is 33.8 Å². The highest BCUT2D eigenvalue weighted by atomic mass is 35.5. The molecule has 3 N–H and O–H groups in total. The molecule has 1 heterocycles. The van der Waals surface area contributed by atoms with Crippen LogP contribution in [0.15, 0.2) is 36.4 Å². The number of nitrogens with zero attached hydrogens (tertiary/aromatic N) is 4. The molecule has 0 spiro atoms. The van der Waals surface area contributed by atoms with Gasteiger partial charge in [0.1, 0.15) is 12.4 Å². The Morgan fingerprint density at radius 2 is 1.85 bits per heavy atom. The van der Waals surface area contributed by atoms with Gasteiger partial charge in [0, 0.05) is 10.9 Å². The summed E-state index contributed by atoms with van der Waals surface area (Å²) in [4.78, 5) is 43.2. The van der Waals surface area contributed by atoms with Crippen LogP contribution in [0.2, 0.25) is 23.2 Å². The molecule has 0 aliphatic rings. The minimum absolute atomic E-state index is 0.0354. The maximum Gasteiger partial charge on any atom is 0.269 e. The van der Waals surface area contributed by atoms with Gasteiger partial charge in [0.25, 0.3) is 5.91 Å². The number of hydrogen-bond acceptors (Lipinski definition) is 6. The van der Waals surface area contributed by atoms with E-state index in [4.69, 9.17) is 21.8 Å². The Kier molecular flexibility index (Phi) is 12.2. The highest BCUT2D eigenvalue weighted by molar-refractivity contribution is 6.74. The highest BCUT2D eigenvalue weighted by Gasteiger charge is 2.38. The lowest BCUT2D eigenvalue weighted by Gasteiger charge is -2.38. The maximum absolute atomic E-state index is 15.1. The first kappa shape index (κ1) is 37.1. The molecule has 0 saturated heterocycles. The number of amides is 3. The molecule has 3 rings (SSSR count). The van der Waals surface area contributed by atoms with Crippen molar-refractivity contribution in [2.45, 2.75) is 77.8 Å². The fourth-order valence-electron chi connectivity index (χ4n) is 4.82. The van der Waals surface area contributed by atoms with Crippen molar-refractivity contribution in [3.05, 3.63) is 64.1 Å². The van der Waals surface area contributed by atoms with Crippen LogP contribution in [0, 0.1) is 12.7 Å². The molecule has 10 nitrogen and oxygen atoms in total. The van der Waals surface area contributed by atoms with Gasteiger partial charge in [-0.25, -0.2) is 4.39 Å². The topological polar surface area (TPSA) is 123 Å². The van der Waals surface area contributed by atoms with Crippen molar-refractivity contribution in [3.8, 4) is 0 Å². The number of aryl methyl sites for hydroxylation is 1. The van der Waals surface area contributed by atoms with Gasteiger partial charge in [0.15, 0.2) is 14.0 Å². The van der Waals surface area contributed by atoms with E-state index in [0.29, 0.717) is 23.9 Å². The summed E-state index contributed by atoms with van der Waals surface area (Å²) in [5.74, 6) is -2.16. The lowest BCUT2D eigenvalue weighted by molar-refractivity contribution is -0.139. The van der Waals surface area contributed by atoms with E-state index in [1.165, 1.54) is 15.6 Å². The quantitative estimate of drug-likeness (QED) is 0.224. The summed E-state index contributed by atoms with van der Waals surface area (Å²) in [5, 5.41) is 7.76. The largest absolute Gasteiger partial charge is 0.415 e. The van der Waals surface area contributed by atoms with Crippen LogP contribution in [-0.4, -0.2) is 85.5 Å². The minimum Gasteiger partial charge on any atom is -0.415 e. The lowest BCUT2D eigenvalue weighted by Crippen LogP contribution is -2.51. The summed E-state index contributed by atoms with van der Waals surface area (Å²) in [6.07, 6.45) is 0.419. The van der Waals surface area contributed by atoms with Gasteiger partial charge in [0.05, 0.1) is 35.8 Å². The molecule has 13 heteroatoms. The van der Waals surface area contributed by atoms with Crippen LogP contribution < -0.4 is 11.1 Å². The predicted octanol–water partition coefficient (Wildman–Crippen LogP) is 5.28. The van der Waals surface area contributed by atoms with E-state index >= 15 is 4.39 Å². The minimum atomic E-state index is -2.18. The molecule has 3 amide bonds. The summed E-state index contributed by atoms with van der Waals surface area (Å²) in [5.41, 5.74) is 7.43. The third kappa shape index (κ3) is 9.15. The zero-order valence-corrected chi connectivity index (χ0v) is 30.2. The molecule has 0 bridgehead atoms. The summed E-state index contributed by atoms with van der Waals surface area (Å²) in [7, 11) is 1.60. The van der Waals surface area contributed by atoms with Gasteiger partial charge >= 0.3 is 0 Å². The Morgan fingerprint density at radius 3 is 2.46 bits per heavy atom. The Balaban J connectivity index is 1.93. The maximum atomic E-state index is 15.1. The summed E-state index contributed by atoms with van der Waals surface area (Å²) < 4.78 is 23.0. The number of halogens is 2. The van der Waals surface area contributed by atoms with E-state index in [0.717, 1.165) is 5.56 Å². The highest BCUT2D eigenvalue weighted by Crippen LogP contribution is 2.36. The zero-order valence-electron chi connectivity index (χ0n) is 28.4. The van der Waals surface area contributed by atoms with Crippen molar-refractivity contribution >= 4 is 48.5 Å². The molecule has 2 aromatic carbocycles. The fourth-order valence-corrected chi connectivity index (χ4v) is 6.09. The smallest absolute Gasteiger partial charge is 0.269 e. The molecule has 3 aromatic rings. The second kappa shape index (κ2) is 15.1. The van der Waals surface area contributed by atoms with Gasteiger partial charge in [0.2, 0.25) is 11.8 Å². The lowest BCUT2D eigenvalue weighted by atomic mass is 10.0. The number of nitrogens with two attached hydrogens (primary N) is 1. The van der Waals surface area contributed by atoms with E-state index in [-0.39, 0.29) is 41.0 Å². The Bertz CT molecular complexity index is 1570. The van der Waals surface area contributed by atoms with Crippen molar-refractivity contribution < 1.29 is 23.2 Å². The Labute approximate surface area is 277 Å². The monoisotopic (exact) mass is 674 g/mol. The number of fused-ring (bicyclic) bond motifs is 1. The van der Waals surface area contributed by atoms with Crippen LogP contribution in [0.5, 0.6) is 0 Å². The normalized spacial score (nSPS) is 13.6. The van der Waals surface area contributed by atoms with Crippen LogP contribution >= 0.6 is 11.6 Å². The van der Waals surface area contributed by atoms with Crippen LogP contribution in [0.25, 0.3) is 10.9 Å². The van der Waals surface area contributed by atoms with Crippen molar-refractivity contribution in [1.82, 2.24) is 24.9 Å². The molecular weight excluding hydrogens is 627 g/mol. The molecule has 46 heavy (non-hydrogen) atoms. The fraction of sp³-hybridized carbons (Fsp3) is 0.515. The Morgan fingerprint density at radius 1 is 1.17 bits per heavy atom. The number of benzene rings is 2. The van der Waals surface area contributed by atoms with Gasteiger partial charge < -0.3 is 25.3 Å². The van der Waals surface area contributed by atoms with Gasteiger partial charge in [-0.2, -0.15) is 5.10 Å². The molecule has 0 unspecified atom stereocenters. The second-order valence-electron chi connectivity index (χ2n) is 13.7. The molecule has 1 aromatic heterocycles. The first-order chi connectivity index (χ1) is 21.3. The average molecular weight is 675 g/mol.